The van der Waals surface area contributed by atoms with Crippen LogP contribution in [0.25, 0.3) is 38.5 Å². The molecule has 0 saturated carbocycles. The molecule has 0 spiro atoms. The first-order valence-corrected chi connectivity index (χ1v) is 9.81. The van der Waals surface area contributed by atoms with Crippen LogP contribution in [0.3, 0.4) is 0 Å². The average Bonchev–Trinajstić information content (AvgIpc) is 3.39. The van der Waals surface area contributed by atoms with E-state index < -0.39 is 0 Å². The summed E-state index contributed by atoms with van der Waals surface area (Å²) in [4.78, 5) is 10.8. The molecule has 6 nitrogen and oxygen atoms in total. The molecule has 0 bridgehead atoms. The third-order valence-electron chi connectivity index (χ3n) is 4.45. The lowest BCUT2D eigenvalue weighted by molar-refractivity contribution is 0.433. The molecule has 0 amide bonds. The summed E-state index contributed by atoms with van der Waals surface area (Å²) in [7, 11) is 0. The van der Waals surface area contributed by atoms with E-state index in [0.717, 1.165) is 26.7 Å². The summed E-state index contributed by atoms with van der Waals surface area (Å²) in [6.45, 7) is 4.01. The molecule has 0 unspecified atom stereocenters. The van der Waals surface area contributed by atoms with Crippen molar-refractivity contribution in [2.24, 2.45) is 0 Å². The number of benzene rings is 2. The molecule has 0 N–H and O–H groups in total. The van der Waals surface area contributed by atoms with E-state index in [0.29, 0.717) is 22.6 Å². The quantitative estimate of drug-likeness (QED) is 0.398. The first-order chi connectivity index (χ1) is 13.6. The van der Waals surface area contributed by atoms with E-state index in [1.807, 2.05) is 62.4 Å². The highest BCUT2D eigenvalue weighted by atomic mass is 35.5. The van der Waals surface area contributed by atoms with Gasteiger partial charge in [-0.2, -0.15) is 9.97 Å². The van der Waals surface area contributed by atoms with Gasteiger partial charge < -0.3 is 4.52 Å². The molecule has 2 aromatic carbocycles. The summed E-state index contributed by atoms with van der Waals surface area (Å²) >= 11 is 7.43. The van der Waals surface area contributed by atoms with Crippen molar-refractivity contribution in [3.63, 3.8) is 0 Å². The van der Waals surface area contributed by atoms with Crippen molar-refractivity contribution >= 4 is 27.9 Å². The largest absolute Gasteiger partial charge is 0.333 e. The van der Waals surface area contributed by atoms with Gasteiger partial charge in [-0.15, -0.1) is 5.10 Å². The topological polar surface area (TPSA) is 69.1 Å². The maximum atomic E-state index is 5.96. The minimum Gasteiger partial charge on any atom is -0.333 e. The standard InChI is InChI=1S/C20H14ClN5OS/c1-11-3-5-14(6-4-11)18-22-19(27-25-18)16-12(2)26-20(28-16)23-17(24-26)13-7-9-15(21)10-8-13/h3-10H,1-2H3. The van der Waals surface area contributed by atoms with Gasteiger partial charge in [0.2, 0.25) is 10.8 Å². The van der Waals surface area contributed by atoms with Gasteiger partial charge in [-0.05, 0) is 38.1 Å². The van der Waals surface area contributed by atoms with Gasteiger partial charge in [0.1, 0.15) is 4.88 Å². The van der Waals surface area contributed by atoms with Gasteiger partial charge in [-0.25, -0.2) is 4.52 Å². The maximum Gasteiger partial charge on any atom is 0.270 e. The Morgan fingerprint density at radius 3 is 2.29 bits per heavy atom. The van der Waals surface area contributed by atoms with Gasteiger partial charge in [0.25, 0.3) is 5.89 Å². The van der Waals surface area contributed by atoms with E-state index in [4.69, 9.17) is 16.1 Å². The Morgan fingerprint density at radius 2 is 1.57 bits per heavy atom. The van der Waals surface area contributed by atoms with Crippen molar-refractivity contribution in [2.75, 3.05) is 0 Å². The molecule has 0 aliphatic heterocycles. The fourth-order valence-corrected chi connectivity index (χ4v) is 4.01. The number of thiazole rings is 1. The van der Waals surface area contributed by atoms with Gasteiger partial charge in [-0.3, -0.25) is 0 Å². The normalized spacial score (nSPS) is 11.4. The first kappa shape index (κ1) is 17.1. The Kier molecular flexibility index (Phi) is 3.99. The maximum absolute atomic E-state index is 5.96. The van der Waals surface area contributed by atoms with E-state index >= 15 is 0 Å². The van der Waals surface area contributed by atoms with Crippen LogP contribution in [0.1, 0.15) is 11.3 Å². The summed E-state index contributed by atoms with van der Waals surface area (Å²) in [5.41, 5.74) is 3.93. The van der Waals surface area contributed by atoms with Crippen LogP contribution in [0, 0.1) is 13.8 Å². The number of rotatable bonds is 3. The number of aryl methyl sites for hydroxylation is 2. The van der Waals surface area contributed by atoms with Gasteiger partial charge in [0.05, 0.1) is 5.69 Å². The monoisotopic (exact) mass is 407 g/mol. The predicted octanol–water partition coefficient (Wildman–Crippen LogP) is 5.45. The molecular weight excluding hydrogens is 394 g/mol. The average molecular weight is 408 g/mol. The van der Waals surface area contributed by atoms with E-state index in [1.54, 1.807) is 4.52 Å². The number of aromatic nitrogens is 5. The molecule has 8 heteroatoms. The second kappa shape index (κ2) is 6.54. The number of hydrogen-bond acceptors (Lipinski definition) is 6. The van der Waals surface area contributed by atoms with Crippen molar-refractivity contribution in [3.8, 4) is 33.5 Å². The highest BCUT2D eigenvalue weighted by Gasteiger charge is 2.20. The SMILES string of the molecule is Cc1ccc(-c2noc(-c3sc4nc(-c5ccc(Cl)cc5)nn4c3C)n2)cc1. The Labute approximate surface area is 169 Å². The molecule has 0 aliphatic rings. The highest BCUT2D eigenvalue weighted by Crippen LogP contribution is 2.33. The van der Waals surface area contributed by atoms with Crippen molar-refractivity contribution in [1.82, 2.24) is 24.7 Å². The number of halogens is 1. The summed E-state index contributed by atoms with van der Waals surface area (Å²) in [5.74, 6) is 1.69. The van der Waals surface area contributed by atoms with E-state index in [2.05, 4.69) is 20.2 Å². The minimum absolute atomic E-state index is 0.471. The summed E-state index contributed by atoms with van der Waals surface area (Å²) in [5, 5.41) is 9.42. The van der Waals surface area contributed by atoms with Crippen molar-refractivity contribution in [2.45, 2.75) is 13.8 Å². The predicted molar refractivity (Wildman–Crippen MR) is 110 cm³/mol. The second-order valence-electron chi connectivity index (χ2n) is 6.44. The van der Waals surface area contributed by atoms with Crippen LogP contribution in [0.15, 0.2) is 53.1 Å². The number of fused-ring (bicyclic) bond motifs is 1. The fraction of sp³-hybridized carbons (Fsp3) is 0.100. The zero-order valence-electron chi connectivity index (χ0n) is 15.0. The zero-order chi connectivity index (χ0) is 19.3. The van der Waals surface area contributed by atoms with Gasteiger partial charge in [0.15, 0.2) is 5.82 Å². The number of hydrogen-bond donors (Lipinski definition) is 0. The molecule has 5 rings (SSSR count). The Hall–Kier alpha value is -3.03. The Morgan fingerprint density at radius 1 is 0.893 bits per heavy atom. The van der Waals surface area contributed by atoms with E-state index in [-0.39, 0.29) is 0 Å². The second-order valence-corrected chi connectivity index (χ2v) is 7.86. The molecule has 138 valence electrons. The lowest BCUT2D eigenvalue weighted by Crippen LogP contribution is -1.89. The Balaban J connectivity index is 1.52. The molecule has 0 saturated heterocycles. The molecule has 28 heavy (non-hydrogen) atoms. The molecule has 0 radical (unpaired) electrons. The molecule has 3 heterocycles. The van der Waals surface area contributed by atoms with Gasteiger partial charge in [0, 0.05) is 16.1 Å². The van der Waals surface area contributed by atoms with Crippen LogP contribution in [0.2, 0.25) is 5.02 Å². The Bertz CT molecular complexity index is 1280. The molecule has 0 atom stereocenters. The molecular formula is C20H14ClN5OS. The third-order valence-corrected chi connectivity index (χ3v) is 5.82. The minimum atomic E-state index is 0.471. The van der Waals surface area contributed by atoms with Crippen molar-refractivity contribution in [1.29, 1.82) is 0 Å². The van der Waals surface area contributed by atoms with Crippen LogP contribution < -0.4 is 0 Å². The fourth-order valence-electron chi connectivity index (χ4n) is 2.90. The first-order valence-electron chi connectivity index (χ1n) is 8.62. The van der Waals surface area contributed by atoms with Crippen LogP contribution >= 0.6 is 22.9 Å². The molecule has 0 aliphatic carbocycles. The van der Waals surface area contributed by atoms with Crippen molar-refractivity contribution in [3.05, 3.63) is 64.8 Å². The van der Waals surface area contributed by atoms with Gasteiger partial charge in [-0.1, -0.05) is 57.9 Å². The number of nitrogens with zero attached hydrogens (tertiary/aromatic N) is 5. The van der Waals surface area contributed by atoms with Crippen LogP contribution in [-0.4, -0.2) is 24.7 Å². The third kappa shape index (κ3) is 2.89. The zero-order valence-corrected chi connectivity index (χ0v) is 16.6. The highest BCUT2D eigenvalue weighted by molar-refractivity contribution is 7.20. The summed E-state index contributed by atoms with van der Waals surface area (Å²) in [6, 6.07) is 15.5. The smallest absolute Gasteiger partial charge is 0.270 e. The lowest BCUT2D eigenvalue weighted by atomic mass is 10.1. The summed E-state index contributed by atoms with van der Waals surface area (Å²) < 4.78 is 7.31. The van der Waals surface area contributed by atoms with Crippen LogP contribution in [-0.2, 0) is 0 Å². The molecule has 3 aromatic heterocycles. The van der Waals surface area contributed by atoms with Gasteiger partial charge >= 0.3 is 0 Å². The van der Waals surface area contributed by atoms with Crippen LogP contribution in [0.5, 0.6) is 0 Å². The summed E-state index contributed by atoms with van der Waals surface area (Å²) in [6.07, 6.45) is 0. The van der Waals surface area contributed by atoms with Crippen molar-refractivity contribution < 1.29 is 4.52 Å². The molecule has 5 aromatic rings. The molecule has 0 fully saturated rings. The lowest BCUT2D eigenvalue weighted by Gasteiger charge is -1.95. The van der Waals surface area contributed by atoms with E-state index in [9.17, 15) is 0 Å². The van der Waals surface area contributed by atoms with Crippen LogP contribution in [0.4, 0.5) is 0 Å². The van der Waals surface area contributed by atoms with E-state index in [1.165, 1.54) is 16.9 Å².